The van der Waals surface area contributed by atoms with Crippen LogP contribution in [0.5, 0.6) is 0 Å². The second kappa shape index (κ2) is 12.6. The molecular weight excluding hydrogens is 578 g/mol. The number of nitrogens with one attached hydrogen (secondary N) is 2. The Labute approximate surface area is 244 Å². The highest BCUT2D eigenvalue weighted by Gasteiger charge is 2.35. The van der Waals surface area contributed by atoms with E-state index in [1.54, 1.807) is 0 Å². The normalized spacial score (nSPS) is 11.3. The van der Waals surface area contributed by atoms with Gasteiger partial charge >= 0.3 is 12.1 Å². The third-order valence-corrected chi connectivity index (χ3v) is 6.72. The van der Waals surface area contributed by atoms with Gasteiger partial charge in [-0.05, 0) is 71.6 Å². The quantitative estimate of drug-likeness (QED) is 0.181. The monoisotopic (exact) mass is 601 g/mol. The van der Waals surface area contributed by atoms with Crippen LogP contribution in [0, 0.1) is 6.92 Å². The van der Waals surface area contributed by atoms with Crippen molar-refractivity contribution >= 4 is 40.8 Å². The van der Waals surface area contributed by atoms with Crippen molar-refractivity contribution in [2.45, 2.75) is 26.1 Å². The lowest BCUT2D eigenvalue weighted by Crippen LogP contribution is -2.26. The van der Waals surface area contributed by atoms with Crippen LogP contribution in [0.3, 0.4) is 0 Å². The molecule has 0 saturated heterocycles. The molecule has 0 spiro atoms. The molecule has 0 aliphatic carbocycles. The second-order valence-corrected chi connectivity index (χ2v) is 10.1. The maximum Gasteiger partial charge on any atom is 0.417 e. The van der Waals surface area contributed by atoms with Crippen LogP contribution in [-0.2, 0) is 17.5 Å². The highest BCUT2D eigenvalue weighted by molar-refractivity contribution is 6.31. The van der Waals surface area contributed by atoms with Gasteiger partial charge in [0.1, 0.15) is 5.69 Å². The van der Waals surface area contributed by atoms with E-state index in [4.69, 9.17) is 28.3 Å². The number of carbonyl (C=O) groups is 2. The third-order valence-electron chi connectivity index (χ3n) is 6.27. The Morgan fingerprint density at radius 1 is 0.927 bits per heavy atom. The third kappa shape index (κ3) is 7.56. The minimum absolute atomic E-state index is 0.0235. The number of amides is 1. The molecule has 1 aromatic heterocycles. The molecule has 3 N–H and O–H groups in total. The number of hydrogen-bond acceptors (Lipinski definition) is 4. The zero-order chi connectivity index (χ0) is 29.7. The number of nitrogens with zero attached hydrogens (tertiary/aromatic N) is 1. The smallest absolute Gasteiger partial charge is 0.417 e. The van der Waals surface area contributed by atoms with Gasteiger partial charge in [-0.1, -0.05) is 47.5 Å². The van der Waals surface area contributed by atoms with Crippen LogP contribution in [0.4, 0.5) is 18.9 Å². The second-order valence-electron chi connectivity index (χ2n) is 9.21. The van der Waals surface area contributed by atoms with Gasteiger partial charge in [0, 0.05) is 46.1 Å². The zero-order valence-electron chi connectivity index (χ0n) is 21.7. The van der Waals surface area contributed by atoms with E-state index >= 15 is 0 Å². The van der Waals surface area contributed by atoms with Crippen molar-refractivity contribution in [3.05, 3.63) is 105 Å². The lowest BCUT2D eigenvalue weighted by Gasteiger charge is -2.19. The van der Waals surface area contributed by atoms with Crippen LogP contribution in [-0.4, -0.2) is 28.5 Å². The fraction of sp³-hybridized carbons (Fsp3) is 0.167. The average Bonchev–Trinajstić information content (AvgIpc) is 2.91. The maximum atomic E-state index is 14.1. The van der Waals surface area contributed by atoms with Crippen molar-refractivity contribution in [2.24, 2.45) is 0 Å². The molecule has 0 aliphatic heterocycles. The molecule has 3 aromatic carbocycles. The minimum atomic E-state index is -4.71. The number of aliphatic carboxylic acids is 1. The number of carboxylic acid groups (broad SMARTS) is 1. The Morgan fingerprint density at radius 3 is 2.24 bits per heavy atom. The van der Waals surface area contributed by atoms with Crippen molar-refractivity contribution in [1.29, 1.82) is 0 Å². The molecule has 0 radical (unpaired) electrons. The molecule has 1 amide bonds. The van der Waals surface area contributed by atoms with Crippen LogP contribution < -0.4 is 10.6 Å². The Bertz CT molecular complexity index is 1580. The first kappa shape index (κ1) is 29.9. The van der Waals surface area contributed by atoms with Gasteiger partial charge < -0.3 is 15.7 Å². The molecule has 6 nitrogen and oxygen atoms in total. The highest BCUT2D eigenvalue weighted by Crippen LogP contribution is 2.41. The van der Waals surface area contributed by atoms with E-state index < -0.39 is 23.6 Å². The van der Waals surface area contributed by atoms with Crippen LogP contribution in [0.25, 0.3) is 22.3 Å². The van der Waals surface area contributed by atoms with Gasteiger partial charge in [-0.25, -0.2) is 0 Å². The molecule has 41 heavy (non-hydrogen) atoms. The molecule has 4 aromatic rings. The largest absolute Gasteiger partial charge is 0.481 e. The summed E-state index contributed by atoms with van der Waals surface area (Å²) in [5.74, 6) is -1.71. The number of anilines is 1. The Kier molecular flexibility index (Phi) is 9.20. The SMILES string of the molecule is Cc1cc(Cl)ccc1-c1ccc(NCc2cc(Cl)cc(C(F)(F)F)c2-c2ccc(C(=O)NCCC(=O)O)nc2)cc1. The van der Waals surface area contributed by atoms with Gasteiger partial charge in [-0.3, -0.25) is 14.6 Å². The Balaban J connectivity index is 1.60. The number of hydrogen-bond donors (Lipinski definition) is 3. The van der Waals surface area contributed by atoms with Gasteiger partial charge in [-0.15, -0.1) is 0 Å². The standard InChI is InChI=1S/C30H24Cl2F3N3O3/c1-17-12-21(31)5-8-24(17)18-2-6-23(7-3-18)37-16-20-13-22(32)14-25(30(33,34)35)28(20)19-4-9-26(38-15-19)29(41)36-11-10-27(39)40/h2-9,12-15,37H,10-11,16H2,1H3,(H,36,41)(H,39,40). The summed E-state index contributed by atoms with van der Waals surface area (Å²) in [7, 11) is 0. The van der Waals surface area contributed by atoms with Gasteiger partial charge in [0.05, 0.1) is 12.0 Å². The van der Waals surface area contributed by atoms with Gasteiger partial charge in [0.15, 0.2) is 0 Å². The van der Waals surface area contributed by atoms with Crippen molar-refractivity contribution in [3.63, 3.8) is 0 Å². The summed E-state index contributed by atoms with van der Waals surface area (Å²) in [6.07, 6.45) is -3.80. The van der Waals surface area contributed by atoms with Gasteiger partial charge in [-0.2, -0.15) is 13.2 Å². The molecule has 0 bridgehead atoms. The van der Waals surface area contributed by atoms with E-state index in [0.29, 0.717) is 10.7 Å². The van der Waals surface area contributed by atoms with E-state index in [2.05, 4.69) is 15.6 Å². The number of rotatable bonds is 9. The molecule has 0 atom stereocenters. The van der Waals surface area contributed by atoms with Gasteiger partial charge in [0.25, 0.3) is 5.91 Å². The van der Waals surface area contributed by atoms with Crippen LogP contribution in [0.15, 0.2) is 72.9 Å². The van der Waals surface area contributed by atoms with Crippen molar-refractivity contribution in [1.82, 2.24) is 10.3 Å². The average molecular weight is 602 g/mol. The van der Waals surface area contributed by atoms with Gasteiger partial charge in [0.2, 0.25) is 0 Å². The summed E-state index contributed by atoms with van der Waals surface area (Å²) < 4.78 is 42.3. The number of alkyl halides is 3. The summed E-state index contributed by atoms with van der Waals surface area (Å²) in [4.78, 5) is 26.9. The molecule has 1 heterocycles. The number of pyridine rings is 1. The molecule has 0 aliphatic rings. The lowest BCUT2D eigenvalue weighted by molar-refractivity contribution is -0.137. The predicted molar refractivity (Wildman–Crippen MR) is 153 cm³/mol. The zero-order valence-corrected chi connectivity index (χ0v) is 23.2. The fourth-order valence-corrected chi connectivity index (χ4v) is 4.80. The van der Waals surface area contributed by atoms with Crippen LogP contribution in [0.1, 0.15) is 33.6 Å². The maximum absolute atomic E-state index is 14.1. The summed E-state index contributed by atoms with van der Waals surface area (Å²) >= 11 is 12.2. The predicted octanol–water partition coefficient (Wildman–Crippen LogP) is 7.87. The molecule has 0 saturated carbocycles. The van der Waals surface area contributed by atoms with Crippen LogP contribution >= 0.6 is 23.2 Å². The molecule has 11 heteroatoms. The summed E-state index contributed by atoms with van der Waals surface area (Å²) in [5.41, 5.74) is 2.99. The van der Waals surface area contributed by atoms with Crippen molar-refractivity contribution in [2.75, 3.05) is 11.9 Å². The summed E-state index contributed by atoms with van der Waals surface area (Å²) in [6, 6.07) is 18.0. The van der Waals surface area contributed by atoms with E-state index in [1.165, 1.54) is 24.4 Å². The molecular formula is C30H24Cl2F3N3O3. The molecule has 4 rings (SSSR count). The summed E-state index contributed by atoms with van der Waals surface area (Å²) in [5, 5.41) is 14.8. The number of carbonyl (C=O) groups excluding carboxylic acids is 1. The van der Waals surface area contributed by atoms with E-state index in [-0.39, 0.29) is 46.9 Å². The Morgan fingerprint density at radius 2 is 1.63 bits per heavy atom. The van der Waals surface area contributed by atoms with Crippen molar-refractivity contribution < 1.29 is 27.9 Å². The number of carboxylic acids is 1. The minimum Gasteiger partial charge on any atom is -0.481 e. The van der Waals surface area contributed by atoms with E-state index in [9.17, 15) is 22.8 Å². The molecule has 212 valence electrons. The fourth-order valence-electron chi connectivity index (χ4n) is 4.33. The number of aryl methyl sites for hydroxylation is 1. The number of benzene rings is 3. The van der Waals surface area contributed by atoms with Crippen molar-refractivity contribution in [3.8, 4) is 22.3 Å². The first-order chi connectivity index (χ1) is 19.4. The number of aromatic nitrogens is 1. The van der Waals surface area contributed by atoms with E-state index in [0.717, 1.165) is 22.8 Å². The Hall–Kier alpha value is -4.08. The number of halogens is 5. The van der Waals surface area contributed by atoms with Crippen LogP contribution in [0.2, 0.25) is 10.0 Å². The highest BCUT2D eigenvalue weighted by atomic mass is 35.5. The summed E-state index contributed by atoms with van der Waals surface area (Å²) in [6.45, 7) is 1.87. The van der Waals surface area contributed by atoms with E-state index in [1.807, 2.05) is 49.4 Å². The molecule has 0 unspecified atom stereocenters. The topological polar surface area (TPSA) is 91.3 Å². The lowest BCUT2D eigenvalue weighted by atomic mass is 9.94. The first-order valence-corrected chi connectivity index (χ1v) is 13.1. The molecule has 0 fully saturated rings. The first-order valence-electron chi connectivity index (χ1n) is 12.4.